The van der Waals surface area contributed by atoms with Crippen LogP contribution in [0.1, 0.15) is 0 Å². The van der Waals surface area contributed by atoms with Crippen molar-refractivity contribution in [1.29, 1.82) is 0 Å². The Morgan fingerprint density at radius 3 is 2.79 bits per heavy atom. The summed E-state index contributed by atoms with van der Waals surface area (Å²) in [7, 11) is 1.77. The van der Waals surface area contributed by atoms with Crippen molar-refractivity contribution in [1.82, 2.24) is 14.8 Å². The van der Waals surface area contributed by atoms with E-state index in [0.29, 0.717) is 16.0 Å². The van der Waals surface area contributed by atoms with E-state index in [-0.39, 0.29) is 17.3 Å². The van der Waals surface area contributed by atoms with Crippen LogP contribution in [0.3, 0.4) is 0 Å². The Kier molecular flexibility index (Phi) is 5.81. The fraction of sp³-hybridized carbons (Fsp3) is 0.118. The molecule has 28 heavy (non-hydrogen) atoms. The minimum absolute atomic E-state index is 0.0170. The van der Waals surface area contributed by atoms with Gasteiger partial charge in [-0.1, -0.05) is 35.5 Å². The average Bonchev–Trinajstić information content (AvgIpc) is 3.02. The number of rotatable bonds is 6. The van der Waals surface area contributed by atoms with Gasteiger partial charge in [0.15, 0.2) is 16.7 Å². The van der Waals surface area contributed by atoms with Crippen LogP contribution in [-0.4, -0.2) is 36.5 Å². The van der Waals surface area contributed by atoms with Gasteiger partial charge < -0.3 is 15.0 Å². The monoisotopic (exact) mass is 419 g/mol. The molecule has 2 N–H and O–H groups in total. The molecule has 144 valence electrons. The number of amides is 1. The van der Waals surface area contributed by atoms with Crippen molar-refractivity contribution in [2.24, 2.45) is 7.05 Å². The first-order valence-corrected chi connectivity index (χ1v) is 9.27. The largest absolute Gasteiger partial charge is 0.502 e. The first-order valence-electron chi connectivity index (χ1n) is 7.91. The first-order chi connectivity index (χ1) is 13.4. The fourth-order valence-corrected chi connectivity index (χ4v) is 3.32. The van der Waals surface area contributed by atoms with Crippen molar-refractivity contribution in [3.8, 4) is 17.1 Å². The number of aromatic nitrogens is 3. The molecular weight excluding hydrogens is 406 g/mol. The number of phenolic OH excluding ortho intramolecular Hbond substituents is 1. The number of nitrogens with zero attached hydrogens (tertiary/aromatic N) is 4. The molecule has 3 rings (SSSR count). The highest BCUT2D eigenvalue weighted by Gasteiger charge is 2.17. The van der Waals surface area contributed by atoms with E-state index in [2.05, 4.69) is 15.5 Å². The standard InChI is InChI=1S/C17H14ClN5O4S/c1-22-16(11-4-2-3-5-12(11)18)20-21-17(22)28-9-15(25)19-10-6-7-14(24)13(8-10)23(26)27/h2-8,24H,9H2,1H3,(H,19,25). The molecule has 1 aromatic heterocycles. The maximum absolute atomic E-state index is 12.2. The number of benzene rings is 2. The van der Waals surface area contributed by atoms with Gasteiger partial charge in [-0.15, -0.1) is 10.2 Å². The summed E-state index contributed by atoms with van der Waals surface area (Å²) in [6.07, 6.45) is 0. The van der Waals surface area contributed by atoms with Crippen LogP contribution in [0.5, 0.6) is 5.75 Å². The molecular formula is C17H14ClN5O4S. The molecule has 0 spiro atoms. The lowest BCUT2D eigenvalue weighted by atomic mass is 10.2. The van der Waals surface area contributed by atoms with E-state index in [4.69, 9.17) is 11.6 Å². The van der Waals surface area contributed by atoms with Crippen molar-refractivity contribution in [2.45, 2.75) is 5.16 Å². The van der Waals surface area contributed by atoms with Crippen LogP contribution in [0.4, 0.5) is 11.4 Å². The Morgan fingerprint density at radius 1 is 1.32 bits per heavy atom. The molecule has 9 nitrogen and oxygen atoms in total. The van der Waals surface area contributed by atoms with Gasteiger partial charge >= 0.3 is 5.69 Å². The lowest BCUT2D eigenvalue weighted by molar-refractivity contribution is -0.385. The Morgan fingerprint density at radius 2 is 2.07 bits per heavy atom. The number of hydrogen-bond donors (Lipinski definition) is 2. The van der Waals surface area contributed by atoms with Gasteiger partial charge in [0, 0.05) is 24.4 Å². The second-order valence-electron chi connectivity index (χ2n) is 5.64. The van der Waals surface area contributed by atoms with Gasteiger partial charge in [-0.2, -0.15) is 0 Å². The van der Waals surface area contributed by atoms with E-state index in [9.17, 15) is 20.0 Å². The van der Waals surface area contributed by atoms with Crippen molar-refractivity contribution in [3.05, 3.63) is 57.6 Å². The first kappa shape index (κ1) is 19.6. The molecule has 0 radical (unpaired) electrons. The Labute approximate surface area is 168 Å². The van der Waals surface area contributed by atoms with Gasteiger partial charge in [-0.3, -0.25) is 14.9 Å². The predicted molar refractivity (Wildman–Crippen MR) is 106 cm³/mol. The Bertz CT molecular complexity index is 1060. The molecule has 1 amide bonds. The molecule has 0 saturated carbocycles. The normalized spacial score (nSPS) is 10.6. The second kappa shape index (κ2) is 8.28. The summed E-state index contributed by atoms with van der Waals surface area (Å²) in [6, 6.07) is 10.9. The Hall–Kier alpha value is -3.11. The van der Waals surface area contributed by atoms with Crippen LogP contribution in [-0.2, 0) is 11.8 Å². The summed E-state index contributed by atoms with van der Waals surface area (Å²) >= 11 is 7.35. The molecule has 0 aliphatic rings. The summed E-state index contributed by atoms with van der Waals surface area (Å²) in [5.74, 6) is -0.262. The topological polar surface area (TPSA) is 123 Å². The van der Waals surface area contributed by atoms with Crippen molar-refractivity contribution < 1.29 is 14.8 Å². The number of nitro groups is 1. The molecule has 0 saturated heterocycles. The number of halogens is 1. The summed E-state index contributed by atoms with van der Waals surface area (Å²) in [4.78, 5) is 22.3. The molecule has 1 heterocycles. The zero-order valence-corrected chi connectivity index (χ0v) is 16.1. The van der Waals surface area contributed by atoms with E-state index in [1.807, 2.05) is 18.2 Å². The smallest absolute Gasteiger partial charge is 0.312 e. The van der Waals surface area contributed by atoms with Crippen molar-refractivity contribution in [3.63, 3.8) is 0 Å². The highest BCUT2D eigenvalue weighted by molar-refractivity contribution is 7.99. The van der Waals surface area contributed by atoms with E-state index in [1.54, 1.807) is 17.7 Å². The highest BCUT2D eigenvalue weighted by Crippen LogP contribution is 2.30. The van der Waals surface area contributed by atoms with E-state index >= 15 is 0 Å². The summed E-state index contributed by atoms with van der Waals surface area (Å²) in [6.45, 7) is 0. The maximum atomic E-state index is 12.2. The fourth-order valence-electron chi connectivity index (χ4n) is 2.39. The lowest BCUT2D eigenvalue weighted by Gasteiger charge is -2.07. The van der Waals surface area contributed by atoms with Crippen molar-refractivity contribution in [2.75, 3.05) is 11.1 Å². The zero-order valence-electron chi connectivity index (χ0n) is 14.5. The van der Waals surface area contributed by atoms with Crippen LogP contribution in [0, 0.1) is 10.1 Å². The quantitative estimate of drug-likeness (QED) is 0.271. The maximum Gasteiger partial charge on any atom is 0.312 e. The molecule has 3 aromatic rings. The summed E-state index contributed by atoms with van der Waals surface area (Å²) in [5, 5.41) is 32.1. The number of carbonyl (C=O) groups excluding carboxylic acids is 1. The van der Waals surface area contributed by atoms with Crippen LogP contribution >= 0.6 is 23.4 Å². The van der Waals surface area contributed by atoms with Crippen molar-refractivity contribution >= 4 is 40.6 Å². The van der Waals surface area contributed by atoms with Gasteiger partial charge in [0.05, 0.1) is 15.7 Å². The van der Waals surface area contributed by atoms with Gasteiger partial charge in [0.2, 0.25) is 5.91 Å². The molecule has 0 unspecified atom stereocenters. The molecule has 0 atom stereocenters. The molecule has 11 heteroatoms. The number of carbonyl (C=O) groups is 1. The van der Waals surface area contributed by atoms with Gasteiger partial charge in [0.25, 0.3) is 0 Å². The SMILES string of the molecule is Cn1c(SCC(=O)Nc2ccc(O)c([N+](=O)[O-])c2)nnc1-c1ccccc1Cl. The predicted octanol–water partition coefficient (Wildman–Crippen LogP) is 3.48. The molecule has 0 aliphatic carbocycles. The Balaban J connectivity index is 1.67. The number of phenols is 1. The molecule has 0 fully saturated rings. The van der Waals surface area contributed by atoms with Gasteiger partial charge in [-0.05, 0) is 24.3 Å². The molecule has 0 bridgehead atoms. The number of hydrogen-bond acceptors (Lipinski definition) is 7. The molecule has 0 aliphatic heterocycles. The van der Waals surface area contributed by atoms with E-state index in [1.165, 1.54) is 6.07 Å². The van der Waals surface area contributed by atoms with Gasteiger partial charge in [0.1, 0.15) is 0 Å². The van der Waals surface area contributed by atoms with Crippen LogP contribution in [0.25, 0.3) is 11.4 Å². The number of nitro benzene ring substituents is 1. The van der Waals surface area contributed by atoms with Crippen LogP contribution in [0.2, 0.25) is 5.02 Å². The third kappa shape index (κ3) is 4.24. The number of thioether (sulfide) groups is 1. The minimum Gasteiger partial charge on any atom is -0.502 e. The van der Waals surface area contributed by atoms with Gasteiger partial charge in [-0.25, -0.2) is 0 Å². The van der Waals surface area contributed by atoms with Crippen LogP contribution < -0.4 is 5.32 Å². The highest BCUT2D eigenvalue weighted by atomic mass is 35.5. The van der Waals surface area contributed by atoms with E-state index in [0.717, 1.165) is 29.5 Å². The molecule has 2 aromatic carbocycles. The van der Waals surface area contributed by atoms with E-state index < -0.39 is 16.4 Å². The number of aromatic hydroxyl groups is 1. The summed E-state index contributed by atoms with van der Waals surface area (Å²) in [5.41, 5.74) is 0.458. The zero-order chi connectivity index (χ0) is 20.3. The summed E-state index contributed by atoms with van der Waals surface area (Å²) < 4.78 is 1.73. The number of anilines is 1. The third-order valence-corrected chi connectivity index (χ3v) is 5.09. The average molecular weight is 420 g/mol. The minimum atomic E-state index is -0.727. The van der Waals surface area contributed by atoms with Crippen LogP contribution in [0.15, 0.2) is 47.6 Å². The number of nitrogens with one attached hydrogen (secondary N) is 1. The third-order valence-electron chi connectivity index (χ3n) is 3.74. The second-order valence-corrected chi connectivity index (χ2v) is 6.99. The lowest BCUT2D eigenvalue weighted by Crippen LogP contribution is -2.14.